The van der Waals surface area contributed by atoms with Gasteiger partial charge in [0.05, 0.1) is 17.0 Å². The average molecular weight is 391 g/mol. The highest BCUT2D eigenvalue weighted by molar-refractivity contribution is 5.90. The third-order valence-electron chi connectivity index (χ3n) is 4.28. The van der Waals surface area contributed by atoms with E-state index < -0.39 is 34.6 Å². The number of pyridine rings is 1. The molecule has 0 atom stereocenters. The molecule has 0 fully saturated rings. The Kier molecular flexibility index (Phi) is 5.27. The van der Waals surface area contributed by atoms with Gasteiger partial charge in [0.2, 0.25) is 0 Å². The van der Waals surface area contributed by atoms with Gasteiger partial charge in [-0.3, -0.25) is 9.78 Å². The van der Waals surface area contributed by atoms with E-state index in [4.69, 9.17) is 0 Å². The number of carbonyl (C=O) groups excluding carboxylic acids is 1. The SMILES string of the molecule is CC(C)c1nc(-c2c(F)c(F)cc(F)c2F)cc(-c2ccc(F)cc2)c1C=O. The van der Waals surface area contributed by atoms with Crippen LogP contribution in [0.4, 0.5) is 22.0 Å². The monoisotopic (exact) mass is 391 g/mol. The molecule has 144 valence electrons. The Hall–Kier alpha value is -3.09. The fraction of sp³-hybridized carbons (Fsp3) is 0.143. The predicted octanol–water partition coefficient (Wildman–Crippen LogP) is 6.05. The number of nitrogens with zero attached hydrogens (tertiary/aromatic N) is 1. The Bertz CT molecular complexity index is 1040. The predicted molar refractivity (Wildman–Crippen MR) is 94.4 cm³/mol. The van der Waals surface area contributed by atoms with Crippen LogP contribution in [0.5, 0.6) is 0 Å². The fourth-order valence-corrected chi connectivity index (χ4v) is 2.93. The molecule has 0 unspecified atom stereocenters. The number of rotatable bonds is 4. The largest absolute Gasteiger partial charge is 0.298 e. The first-order valence-electron chi connectivity index (χ1n) is 8.34. The molecule has 2 aromatic carbocycles. The molecule has 1 heterocycles. The van der Waals surface area contributed by atoms with Gasteiger partial charge in [0.15, 0.2) is 29.6 Å². The van der Waals surface area contributed by atoms with Gasteiger partial charge < -0.3 is 0 Å². The Balaban J connectivity index is 2.39. The van der Waals surface area contributed by atoms with Crippen molar-refractivity contribution in [2.24, 2.45) is 0 Å². The van der Waals surface area contributed by atoms with E-state index in [1.165, 1.54) is 12.1 Å². The molecule has 0 spiro atoms. The molecule has 0 bridgehead atoms. The van der Waals surface area contributed by atoms with Crippen molar-refractivity contribution in [2.75, 3.05) is 0 Å². The number of aldehydes is 1. The van der Waals surface area contributed by atoms with E-state index in [1.807, 2.05) is 0 Å². The lowest BCUT2D eigenvalue weighted by atomic mass is 9.93. The van der Waals surface area contributed by atoms with Gasteiger partial charge in [-0.05, 0) is 35.2 Å². The van der Waals surface area contributed by atoms with Crippen LogP contribution in [0.25, 0.3) is 22.4 Å². The minimum absolute atomic E-state index is 0.109. The van der Waals surface area contributed by atoms with Crippen molar-refractivity contribution >= 4 is 6.29 Å². The van der Waals surface area contributed by atoms with Crippen LogP contribution >= 0.6 is 0 Å². The third-order valence-corrected chi connectivity index (χ3v) is 4.28. The van der Waals surface area contributed by atoms with E-state index in [0.717, 1.165) is 18.2 Å². The smallest absolute Gasteiger partial charge is 0.171 e. The number of carbonyl (C=O) groups is 1. The molecule has 0 aliphatic heterocycles. The lowest BCUT2D eigenvalue weighted by Crippen LogP contribution is -2.07. The van der Waals surface area contributed by atoms with Gasteiger partial charge in [0.1, 0.15) is 5.82 Å². The van der Waals surface area contributed by atoms with E-state index in [-0.39, 0.29) is 34.5 Å². The summed E-state index contributed by atoms with van der Waals surface area (Å²) < 4.78 is 69.2. The summed E-state index contributed by atoms with van der Waals surface area (Å²) in [5, 5.41) is 0. The Morgan fingerprint density at radius 2 is 1.46 bits per heavy atom. The summed E-state index contributed by atoms with van der Waals surface area (Å²) in [4.78, 5) is 15.8. The van der Waals surface area contributed by atoms with E-state index >= 15 is 0 Å². The zero-order valence-electron chi connectivity index (χ0n) is 14.9. The van der Waals surface area contributed by atoms with Crippen molar-refractivity contribution in [1.82, 2.24) is 4.98 Å². The minimum atomic E-state index is -1.59. The van der Waals surface area contributed by atoms with Crippen molar-refractivity contribution in [3.8, 4) is 22.4 Å². The van der Waals surface area contributed by atoms with Gasteiger partial charge in [-0.25, -0.2) is 22.0 Å². The standard InChI is InChI=1S/C21H14F5NO/c1-10(2)21-14(9-28)13(11-3-5-12(22)6-4-11)7-17(27-21)18-19(25)15(23)8-16(24)20(18)26/h3-10H,1-2H3. The van der Waals surface area contributed by atoms with Crippen LogP contribution in [0.1, 0.15) is 35.8 Å². The van der Waals surface area contributed by atoms with Crippen LogP contribution in [-0.2, 0) is 0 Å². The maximum absolute atomic E-state index is 14.3. The topological polar surface area (TPSA) is 30.0 Å². The van der Waals surface area contributed by atoms with Gasteiger partial charge in [0.25, 0.3) is 0 Å². The first kappa shape index (κ1) is 19.7. The van der Waals surface area contributed by atoms with Crippen molar-refractivity contribution < 1.29 is 26.7 Å². The molecule has 2 nitrogen and oxygen atoms in total. The van der Waals surface area contributed by atoms with Crippen molar-refractivity contribution in [3.05, 3.63) is 76.7 Å². The number of hydrogen-bond acceptors (Lipinski definition) is 2. The van der Waals surface area contributed by atoms with E-state index in [1.54, 1.807) is 13.8 Å². The molecule has 3 aromatic rings. The van der Waals surface area contributed by atoms with E-state index in [2.05, 4.69) is 4.98 Å². The number of hydrogen-bond donors (Lipinski definition) is 0. The molecule has 1 aromatic heterocycles. The number of benzene rings is 2. The Morgan fingerprint density at radius 3 is 1.96 bits per heavy atom. The minimum Gasteiger partial charge on any atom is -0.298 e. The number of halogens is 5. The van der Waals surface area contributed by atoms with Gasteiger partial charge in [-0.2, -0.15) is 0 Å². The summed E-state index contributed by atoms with van der Waals surface area (Å²) in [6.45, 7) is 3.40. The van der Waals surface area contributed by atoms with E-state index in [9.17, 15) is 26.7 Å². The number of aromatic nitrogens is 1. The maximum Gasteiger partial charge on any atom is 0.171 e. The second kappa shape index (κ2) is 7.50. The highest BCUT2D eigenvalue weighted by Gasteiger charge is 2.24. The van der Waals surface area contributed by atoms with Crippen LogP contribution in [0.15, 0.2) is 36.4 Å². The molecular formula is C21H14F5NO. The first-order valence-corrected chi connectivity index (χ1v) is 8.34. The maximum atomic E-state index is 14.3. The van der Waals surface area contributed by atoms with Crippen molar-refractivity contribution in [3.63, 3.8) is 0 Å². The second-order valence-corrected chi connectivity index (χ2v) is 6.48. The molecule has 0 amide bonds. The molecule has 7 heteroatoms. The van der Waals surface area contributed by atoms with Gasteiger partial charge in [-0.15, -0.1) is 0 Å². The molecular weight excluding hydrogens is 377 g/mol. The average Bonchev–Trinajstić information content (AvgIpc) is 2.66. The third kappa shape index (κ3) is 3.40. The quantitative estimate of drug-likeness (QED) is 0.308. The van der Waals surface area contributed by atoms with Crippen molar-refractivity contribution in [2.45, 2.75) is 19.8 Å². The molecule has 3 rings (SSSR count). The fourth-order valence-electron chi connectivity index (χ4n) is 2.93. The Morgan fingerprint density at radius 1 is 0.893 bits per heavy atom. The van der Waals surface area contributed by atoms with Crippen molar-refractivity contribution in [1.29, 1.82) is 0 Å². The van der Waals surface area contributed by atoms with Gasteiger partial charge in [0, 0.05) is 11.6 Å². The summed E-state index contributed by atoms with van der Waals surface area (Å²) >= 11 is 0. The lowest BCUT2D eigenvalue weighted by molar-refractivity contribution is 0.112. The summed E-state index contributed by atoms with van der Waals surface area (Å²) in [7, 11) is 0. The molecule has 0 aliphatic rings. The summed E-state index contributed by atoms with van der Waals surface area (Å²) in [5.41, 5.74) is -0.417. The molecule has 0 saturated carbocycles. The molecule has 0 saturated heterocycles. The van der Waals surface area contributed by atoms with Crippen LogP contribution < -0.4 is 0 Å². The van der Waals surface area contributed by atoms with Gasteiger partial charge >= 0.3 is 0 Å². The molecule has 0 radical (unpaired) electrons. The molecule has 28 heavy (non-hydrogen) atoms. The first-order chi connectivity index (χ1) is 13.2. The normalized spacial score (nSPS) is 11.1. The van der Waals surface area contributed by atoms with Crippen LogP contribution in [0.3, 0.4) is 0 Å². The Labute approximate surface area is 157 Å². The zero-order valence-corrected chi connectivity index (χ0v) is 14.9. The second-order valence-electron chi connectivity index (χ2n) is 6.48. The summed E-state index contributed by atoms with van der Waals surface area (Å²) in [5.74, 6) is -7.17. The van der Waals surface area contributed by atoms with Gasteiger partial charge in [-0.1, -0.05) is 26.0 Å². The molecule has 0 N–H and O–H groups in total. The van der Waals surface area contributed by atoms with Crippen LogP contribution in [-0.4, -0.2) is 11.3 Å². The van der Waals surface area contributed by atoms with E-state index in [0.29, 0.717) is 11.8 Å². The molecule has 0 aliphatic carbocycles. The van der Waals surface area contributed by atoms with Crippen LogP contribution in [0, 0.1) is 29.1 Å². The summed E-state index contributed by atoms with van der Waals surface area (Å²) in [6.07, 6.45) is 0.531. The highest BCUT2D eigenvalue weighted by atomic mass is 19.2. The lowest BCUT2D eigenvalue weighted by Gasteiger charge is -2.16. The zero-order chi connectivity index (χ0) is 20.6. The highest BCUT2D eigenvalue weighted by Crippen LogP contribution is 2.35. The van der Waals surface area contributed by atoms with Crippen LogP contribution in [0.2, 0.25) is 0 Å². The summed E-state index contributed by atoms with van der Waals surface area (Å²) in [6, 6.07) is 6.33.